The topological polar surface area (TPSA) is 32.3 Å². The minimum atomic E-state index is 0.144. The van der Waals surface area contributed by atoms with Crippen LogP contribution < -0.4 is 5.32 Å². The Hall–Kier alpha value is -0.730. The Bertz CT molecular complexity index is 324. The molecule has 0 aliphatic rings. The van der Waals surface area contributed by atoms with Crippen LogP contribution in [0.25, 0.3) is 0 Å². The lowest BCUT2D eigenvalue weighted by Gasteiger charge is -2.13. The Morgan fingerprint density at radius 1 is 1.31 bits per heavy atom. The van der Waals surface area contributed by atoms with E-state index in [-0.39, 0.29) is 5.75 Å². The average Bonchev–Trinajstić information content (AvgIpc) is 2.29. The van der Waals surface area contributed by atoms with Crippen LogP contribution in [-0.2, 0) is 6.54 Å². The van der Waals surface area contributed by atoms with Crippen molar-refractivity contribution in [2.45, 2.75) is 33.2 Å². The summed E-state index contributed by atoms with van der Waals surface area (Å²) in [5.41, 5.74) is 1.11. The molecular weight excluding hydrogens is 222 g/mol. The van der Waals surface area contributed by atoms with Crippen LogP contribution in [0.3, 0.4) is 0 Å². The van der Waals surface area contributed by atoms with Crippen molar-refractivity contribution in [3.05, 3.63) is 28.8 Å². The average molecular weight is 242 g/mol. The number of aromatic hydroxyl groups is 1. The third kappa shape index (κ3) is 4.03. The van der Waals surface area contributed by atoms with Gasteiger partial charge in [-0.2, -0.15) is 0 Å². The van der Waals surface area contributed by atoms with Crippen LogP contribution in [0.2, 0.25) is 5.02 Å². The van der Waals surface area contributed by atoms with Crippen molar-refractivity contribution in [2.75, 3.05) is 6.54 Å². The standard InChI is InChI=1S/C13H20ClNO/c1-3-10(4-2)8-15-9-11-5-6-13(16)12(14)7-11/h5-7,10,15-16H,3-4,8-9H2,1-2H3. The monoisotopic (exact) mass is 241 g/mol. The van der Waals surface area contributed by atoms with E-state index >= 15 is 0 Å². The summed E-state index contributed by atoms with van der Waals surface area (Å²) in [6, 6.07) is 5.33. The highest BCUT2D eigenvalue weighted by atomic mass is 35.5. The molecule has 0 amide bonds. The highest BCUT2D eigenvalue weighted by Gasteiger charge is 2.03. The van der Waals surface area contributed by atoms with E-state index < -0.39 is 0 Å². The molecule has 0 spiro atoms. The van der Waals surface area contributed by atoms with Crippen LogP contribution in [0.4, 0.5) is 0 Å². The number of phenols is 1. The predicted octanol–water partition coefficient (Wildman–Crippen LogP) is 3.57. The van der Waals surface area contributed by atoms with Gasteiger partial charge in [-0.15, -0.1) is 0 Å². The number of hydrogen-bond acceptors (Lipinski definition) is 2. The molecule has 0 heterocycles. The van der Waals surface area contributed by atoms with Crippen LogP contribution in [0.15, 0.2) is 18.2 Å². The van der Waals surface area contributed by atoms with Crippen molar-refractivity contribution in [2.24, 2.45) is 5.92 Å². The van der Waals surface area contributed by atoms with Gasteiger partial charge in [0, 0.05) is 6.54 Å². The molecule has 0 aliphatic carbocycles. The quantitative estimate of drug-likeness (QED) is 0.798. The van der Waals surface area contributed by atoms with Crippen LogP contribution >= 0.6 is 11.6 Å². The maximum absolute atomic E-state index is 9.28. The zero-order chi connectivity index (χ0) is 12.0. The number of rotatable bonds is 6. The second-order valence-corrected chi connectivity index (χ2v) is 4.51. The van der Waals surface area contributed by atoms with Gasteiger partial charge >= 0.3 is 0 Å². The summed E-state index contributed by atoms with van der Waals surface area (Å²) in [5.74, 6) is 0.887. The largest absolute Gasteiger partial charge is 0.506 e. The maximum atomic E-state index is 9.28. The van der Waals surface area contributed by atoms with Gasteiger partial charge in [0.2, 0.25) is 0 Å². The Labute approximate surface area is 103 Å². The molecule has 0 aliphatic heterocycles. The first-order valence-electron chi connectivity index (χ1n) is 5.85. The molecule has 1 aromatic carbocycles. The van der Waals surface area contributed by atoms with Gasteiger partial charge in [0.1, 0.15) is 5.75 Å². The summed E-state index contributed by atoms with van der Waals surface area (Å²) in [6.45, 7) is 6.27. The van der Waals surface area contributed by atoms with Crippen molar-refractivity contribution in [1.82, 2.24) is 5.32 Å². The Balaban J connectivity index is 2.40. The third-order valence-corrected chi connectivity index (χ3v) is 3.23. The van der Waals surface area contributed by atoms with Gasteiger partial charge in [-0.05, 0) is 30.2 Å². The van der Waals surface area contributed by atoms with Crippen molar-refractivity contribution in [1.29, 1.82) is 0 Å². The van der Waals surface area contributed by atoms with Gasteiger partial charge < -0.3 is 10.4 Å². The Morgan fingerprint density at radius 2 is 2.00 bits per heavy atom. The maximum Gasteiger partial charge on any atom is 0.134 e. The van der Waals surface area contributed by atoms with Crippen molar-refractivity contribution >= 4 is 11.6 Å². The molecule has 2 N–H and O–H groups in total. The normalized spacial score (nSPS) is 11.0. The van der Waals surface area contributed by atoms with Crippen LogP contribution in [0.5, 0.6) is 5.75 Å². The molecule has 0 bridgehead atoms. The summed E-state index contributed by atoms with van der Waals surface area (Å²) in [6.07, 6.45) is 2.42. The number of phenolic OH excluding ortho intramolecular Hbond substituents is 1. The molecule has 1 rings (SSSR count). The summed E-state index contributed by atoms with van der Waals surface area (Å²) < 4.78 is 0. The molecule has 1 aromatic rings. The van der Waals surface area contributed by atoms with Gasteiger partial charge in [-0.1, -0.05) is 44.4 Å². The predicted molar refractivity (Wildman–Crippen MR) is 68.9 cm³/mol. The van der Waals surface area contributed by atoms with Gasteiger partial charge in [0.05, 0.1) is 5.02 Å². The molecule has 0 saturated carbocycles. The molecule has 0 atom stereocenters. The Kier molecular flexibility index (Phi) is 5.64. The molecule has 16 heavy (non-hydrogen) atoms. The minimum Gasteiger partial charge on any atom is -0.506 e. The van der Waals surface area contributed by atoms with E-state index in [1.54, 1.807) is 12.1 Å². The minimum absolute atomic E-state index is 0.144. The SMILES string of the molecule is CCC(CC)CNCc1ccc(O)c(Cl)c1. The van der Waals surface area contributed by atoms with Crippen molar-refractivity contribution < 1.29 is 5.11 Å². The number of halogens is 1. The van der Waals surface area contributed by atoms with Gasteiger partial charge in [-0.3, -0.25) is 0 Å². The van der Waals surface area contributed by atoms with E-state index in [1.165, 1.54) is 12.8 Å². The lowest BCUT2D eigenvalue weighted by molar-refractivity contribution is 0.449. The number of benzene rings is 1. The molecular formula is C13H20ClNO. The molecule has 90 valence electrons. The summed E-state index contributed by atoms with van der Waals surface area (Å²) >= 11 is 5.83. The summed E-state index contributed by atoms with van der Waals surface area (Å²) in [4.78, 5) is 0. The fourth-order valence-electron chi connectivity index (χ4n) is 1.66. The van der Waals surface area contributed by atoms with Gasteiger partial charge in [-0.25, -0.2) is 0 Å². The fraction of sp³-hybridized carbons (Fsp3) is 0.538. The summed E-state index contributed by atoms with van der Waals surface area (Å²) in [5, 5.41) is 13.1. The van der Waals surface area contributed by atoms with Gasteiger partial charge in [0.25, 0.3) is 0 Å². The third-order valence-electron chi connectivity index (χ3n) is 2.93. The first kappa shape index (κ1) is 13.3. The molecule has 3 heteroatoms. The van der Waals surface area contributed by atoms with Gasteiger partial charge in [0.15, 0.2) is 0 Å². The number of hydrogen-bond donors (Lipinski definition) is 2. The second-order valence-electron chi connectivity index (χ2n) is 4.10. The van der Waals surface area contributed by atoms with Crippen molar-refractivity contribution in [3.8, 4) is 5.75 Å². The van der Waals surface area contributed by atoms with Crippen LogP contribution in [0, 0.1) is 5.92 Å². The van der Waals surface area contributed by atoms with Crippen LogP contribution in [-0.4, -0.2) is 11.7 Å². The number of nitrogens with one attached hydrogen (secondary N) is 1. The Morgan fingerprint density at radius 3 is 2.56 bits per heavy atom. The summed E-state index contributed by atoms with van der Waals surface area (Å²) in [7, 11) is 0. The fourth-order valence-corrected chi connectivity index (χ4v) is 1.86. The van der Waals surface area contributed by atoms with Crippen LogP contribution in [0.1, 0.15) is 32.3 Å². The van der Waals surface area contributed by atoms with E-state index in [2.05, 4.69) is 19.2 Å². The molecule has 0 radical (unpaired) electrons. The first-order chi connectivity index (χ1) is 7.67. The molecule has 0 fully saturated rings. The zero-order valence-corrected chi connectivity index (χ0v) is 10.7. The van der Waals surface area contributed by atoms with E-state index in [1.807, 2.05) is 6.07 Å². The van der Waals surface area contributed by atoms with Crippen molar-refractivity contribution in [3.63, 3.8) is 0 Å². The van der Waals surface area contributed by atoms with E-state index in [0.717, 1.165) is 24.6 Å². The lowest BCUT2D eigenvalue weighted by atomic mass is 10.0. The smallest absolute Gasteiger partial charge is 0.134 e. The molecule has 0 aromatic heterocycles. The molecule has 2 nitrogen and oxygen atoms in total. The highest BCUT2D eigenvalue weighted by molar-refractivity contribution is 6.32. The molecule has 0 saturated heterocycles. The lowest BCUT2D eigenvalue weighted by Crippen LogP contribution is -2.21. The highest BCUT2D eigenvalue weighted by Crippen LogP contribution is 2.23. The second kappa shape index (κ2) is 6.77. The first-order valence-corrected chi connectivity index (χ1v) is 6.23. The van der Waals surface area contributed by atoms with E-state index in [0.29, 0.717) is 5.02 Å². The van der Waals surface area contributed by atoms with E-state index in [9.17, 15) is 5.11 Å². The van der Waals surface area contributed by atoms with E-state index in [4.69, 9.17) is 11.6 Å². The molecule has 0 unspecified atom stereocenters. The zero-order valence-electron chi connectivity index (χ0n) is 9.96.